The van der Waals surface area contributed by atoms with Crippen molar-refractivity contribution in [2.75, 3.05) is 5.32 Å². The Balaban J connectivity index is 1.64. The third kappa shape index (κ3) is 3.17. The van der Waals surface area contributed by atoms with Crippen molar-refractivity contribution in [3.05, 3.63) is 42.3 Å². The molecule has 1 aliphatic carbocycles. The van der Waals surface area contributed by atoms with E-state index >= 15 is 0 Å². The average molecular weight is 293 g/mol. The number of aromatic nitrogens is 1. The fourth-order valence-electron chi connectivity index (χ4n) is 1.76. The van der Waals surface area contributed by atoms with Gasteiger partial charge in [-0.2, -0.15) is 0 Å². The fourth-order valence-corrected chi connectivity index (χ4v) is 3.07. The van der Waals surface area contributed by atoms with Crippen LogP contribution in [0.4, 0.5) is 5.69 Å². The van der Waals surface area contributed by atoms with Gasteiger partial charge >= 0.3 is 0 Å². The predicted molar refractivity (Wildman–Crippen MR) is 73.6 cm³/mol. The summed E-state index contributed by atoms with van der Waals surface area (Å²) in [5, 5.41) is 6.93. The van der Waals surface area contributed by atoms with Gasteiger partial charge in [-0.3, -0.25) is 0 Å². The molecule has 1 aromatic heterocycles. The Kier molecular flexibility index (Phi) is 3.45. The molecule has 7 heteroatoms. The quantitative estimate of drug-likeness (QED) is 0.847. The van der Waals surface area contributed by atoms with Gasteiger partial charge in [0.2, 0.25) is 10.0 Å². The lowest BCUT2D eigenvalue weighted by atomic mass is 10.3. The molecule has 106 valence electrons. The standard InChI is InChI=1S/C13H15N3O3S/c17-20(18,16-11-1-2-11)13-5-3-10(4-6-13)14-9-12-7-8-19-15-12/h3-8,11,14,16H,1-2,9H2. The molecule has 0 amide bonds. The SMILES string of the molecule is O=S(=O)(NC1CC1)c1ccc(NCc2ccon2)cc1. The zero-order chi connectivity index (χ0) is 14.0. The van der Waals surface area contributed by atoms with E-state index in [9.17, 15) is 8.42 Å². The molecule has 3 rings (SSSR count). The third-order valence-corrected chi connectivity index (χ3v) is 4.57. The maximum Gasteiger partial charge on any atom is 0.240 e. The Morgan fingerprint density at radius 2 is 1.95 bits per heavy atom. The minimum atomic E-state index is -3.38. The molecule has 2 aromatic rings. The van der Waals surface area contributed by atoms with Gasteiger partial charge in [0.1, 0.15) is 12.0 Å². The van der Waals surface area contributed by atoms with Crippen LogP contribution in [0, 0.1) is 0 Å². The Morgan fingerprint density at radius 3 is 2.55 bits per heavy atom. The van der Waals surface area contributed by atoms with Crippen LogP contribution in [0.5, 0.6) is 0 Å². The summed E-state index contributed by atoms with van der Waals surface area (Å²) in [5.74, 6) is 0. The van der Waals surface area contributed by atoms with Crippen molar-refractivity contribution in [2.24, 2.45) is 0 Å². The van der Waals surface area contributed by atoms with E-state index in [1.54, 1.807) is 30.3 Å². The van der Waals surface area contributed by atoms with Gasteiger partial charge in [-0.15, -0.1) is 0 Å². The van der Waals surface area contributed by atoms with Gasteiger partial charge in [0.25, 0.3) is 0 Å². The van der Waals surface area contributed by atoms with Crippen LogP contribution in [0.1, 0.15) is 18.5 Å². The number of nitrogens with zero attached hydrogens (tertiary/aromatic N) is 1. The lowest BCUT2D eigenvalue weighted by molar-refractivity contribution is 0.412. The maximum absolute atomic E-state index is 12.0. The summed E-state index contributed by atoms with van der Waals surface area (Å²) in [5.41, 5.74) is 1.62. The lowest BCUT2D eigenvalue weighted by Crippen LogP contribution is -2.25. The largest absolute Gasteiger partial charge is 0.379 e. The highest BCUT2D eigenvalue weighted by molar-refractivity contribution is 7.89. The van der Waals surface area contributed by atoms with Gasteiger partial charge in [0.05, 0.1) is 11.4 Å². The Bertz CT molecular complexity index is 661. The first-order valence-electron chi connectivity index (χ1n) is 6.39. The second kappa shape index (κ2) is 5.26. The summed E-state index contributed by atoms with van der Waals surface area (Å²) >= 11 is 0. The summed E-state index contributed by atoms with van der Waals surface area (Å²) in [6.45, 7) is 0.531. The molecule has 0 atom stereocenters. The van der Waals surface area contributed by atoms with Crippen molar-refractivity contribution >= 4 is 15.7 Å². The molecule has 1 heterocycles. The monoisotopic (exact) mass is 293 g/mol. The van der Waals surface area contributed by atoms with E-state index in [1.807, 2.05) is 0 Å². The van der Waals surface area contributed by atoms with Crippen molar-refractivity contribution < 1.29 is 12.9 Å². The first kappa shape index (κ1) is 13.1. The fraction of sp³-hybridized carbons (Fsp3) is 0.308. The van der Waals surface area contributed by atoms with E-state index in [0.29, 0.717) is 6.54 Å². The highest BCUT2D eigenvalue weighted by Gasteiger charge is 2.27. The molecular formula is C13H15N3O3S. The number of rotatable bonds is 6. The van der Waals surface area contributed by atoms with Crippen LogP contribution in [0.3, 0.4) is 0 Å². The summed E-state index contributed by atoms with van der Waals surface area (Å²) in [6, 6.07) is 8.55. The molecule has 0 bridgehead atoms. The molecule has 0 unspecified atom stereocenters. The van der Waals surface area contributed by atoms with Gasteiger partial charge in [0, 0.05) is 17.8 Å². The van der Waals surface area contributed by atoms with Crippen LogP contribution in [0.15, 0.2) is 46.0 Å². The molecule has 0 radical (unpaired) electrons. The lowest BCUT2D eigenvalue weighted by Gasteiger charge is -2.07. The summed E-state index contributed by atoms with van der Waals surface area (Å²) in [7, 11) is -3.38. The summed E-state index contributed by atoms with van der Waals surface area (Å²) in [6.07, 6.45) is 3.36. The first-order chi connectivity index (χ1) is 9.63. The molecule has 1 aliphatic rings. The van der Waals surface area contributed by atoms with Crippen molar-refractivity contribution in [2.45, 2.75) is 30.3 Å². The number of nitrogens with one attached hydrogen (secondary N) is 2. The van der Waals surface area contributed by atoms with Crippen LogP contribution in [-0.4, -0.2) is 19.6 Å². The number of hydrogen-bond donors (Lipinski definition) is 2. The second-order valence-corrected chi connectivity index (χ2v) is 6.48. The van der Waals surface area contributed by atoms with E-state index in [2.05, 4.69) is 15.2 Å². The van der Waals surface area contributed by atoms with Crippen LogP contribution < -0.4 is 10.0 Å². The smallest absolute Gasteiger partial charge is 0.240 e. The van der Waals surface area contributed by atoms with E-state index in [0.717, 1.165) is 24.2 Å². The second-order valence-electron chi connectivity index (χ2n) is 4.76. The first-order valence-corrected chi connectivity index (χ1v) is 7.87. The zero-order valence-corrected chi connectivity index (χ0v) is 11.6. The average Bonchev–Trinajstić information content (AvgIpc) is 3.08. The highest BCUT2D eigenvalue weighted by Crippen LogP contribution is 2.22. The summed E-state index contributed by atoms with van der Waals surface area (Å²) in [4.78, 5) is 0.288. The minimum Gasteiger partial charge on any atom is -0.379 e. The number of anilines is 1. The van der Waals surface area contributed by atoms with Gasteiger partial charge in [0.15, 0.2) is 0 Å². The van der Waals surface area contributed by atoms with Gasteiger partial charge < -0.3 is 9.84 Å². The zero-order valence-electron chi connectivity index (χ0n) is 10.7. The molecule has 6 nitrogen and oxygen atoms in total. The normalized spacial score (nSPS) is 15.2. The molecular weight excluding hydrogens is 278 g/mol. The highest BCUT2D eigenvalue weighted by atomic mass is 32.2. The van der Waals surface area contributed by atoms with Gasteiger partial charge in [-0.25, -0.2) is 13.1 Å². The Labute approximate surface area is 117 Å². The molecule has 0 aliphatic heterocycles. The van der Waals surface area contributed by atoms with Gasteiger partial charge in [-0.05, 0) is 37.1 Å². The predicted octanol–water partition coefficient (Wildman–Crippen LogP) is 1.73. The molecule has 0 saturated heterocycles. The molecule has 1 fully saturated rings. The van der Waals surface area contributed by atoms with E-state index in [-0.39, 0.29) is 10.9 Å². The van der Waals surface area contributed by atoms with Crippen LogP contribution in [0.25, 0.3) is 0 Å². The number of sulfonamides is 1. The number of benzene rings is 1. The maximum atomic E-state index is 12.0. The van der Waals surface area contributed by atoms with Crippen molar-refractivity contribution in [3.8, 4) is 0 Å². The van der Waals surface area contributed by atoms with Crippen molar-refractivity contribution in [1.29, 1.82) is 0 Å². The topological polar surface area (TPSA) is 84.2 Å². The Morgan fingerprint density at radius 1 is 1.20 bits per heavy atom. The molecule has 1 saturated carbocycles. The Hall–Kier alpha value is -1.86. The van der Waals surface area contributed by atoms with Crippen LogP contribution in [0.2, 0.25) is 0 Å². The van der Waals surface area contributed by atoms with E-state index < -0.39 is 10.0 Å². The van der Waals surface area contributed by atoms with Crippen LogP contribution >= 0.6 is 0 Å². The molecule has 1 aromatic carbocycles. The van der Waals surface area contributed by atoms with E-state index in [4.69, 9.17) is 4.52 Å². The number of hydrogen-bond acceptors (Lipinski definition) is 5. The minimum absolute atomic E-state index is 0.116. The van der Waals surface area contributed by atoms with E-state index in [1.165, 1.54) is 6.26 Å². The van der Waals surface area contributed by atoms with Crippen molar-refractivity contribution in [1.82, 2.24) is 9.88 Å². The molecule has 0 spiro atoms. The molecule has 20 heavy (non-hydrogen) atoms. The van der Waals surface area contributed by atoms with Gasteiger partial charge in [-0.1, -0.05) is 5.16 Å². The van der Waals surface area contributed by atoms with Crippen LogP contribution in [-0.2, 0) is 16.6 Å². The summed E-state index contributed by atoms with van der Waals surface area (Å²) < 4.78 is 31.4. The van der Waals surface area contributed by atoms with Crippen molar-refractivity contribution in [3.63, 3.8) is 0 Å². The third-order valence-electron chi connectivity index (χ3n) is 3.03. The molecule has 2 N–H and O–H groups in total.